The molecule has 0 bridgehead atoms. The molecule has 2 saturated carbocycles. The Morgan fingerprint density at radius 2 is 2.00 bits per heavy atom. The number of likely N-dealkylation sites (tertiary alicyclic amines) is 1. The molecular weight excluding hydrogens is 202 g/mol. The molecule has 0 aromatic carbocycles. The second kappa shape index (κ2) is 4.36. The molecule has 1 heterocycles. The molecule has 3 heteroatoms. The van der Waals surface area contributed by atoms with Gasteiger partial charge in [-0.25, -0.2) is 0 Å². The lowest BCUT2D eigenvalue weighted by molar-refractivity contribution is -0.137. The topological polar surface area (TPSA) is 29.5 Å². The Morgan fingerprint density at radius 3 is 2.62 bits per heavy atom. The van der Waals surface area contributed by atoms with Crippen LogP contribution in [0.5, 0.6) is 0 Å². The molecule has 2 aliphatic carbocycles. The minimum absolute atomic E-state index is 0.324. The van der Waals surface area contributed by atoms with Crippen LogP contribution in [0.3, 0.4) is 0 Å². The fraction of sp³-hybridized carbons (Fsp3) is 0.923. The summed E-state index contributed by atoms with van der Waals surface area (Å²) in [5.41, 5.74) is 0. The van der Waals surface area contributed by atoms with Gasteiger partial charge in [-0.1, -0.05) is 6.42 Å². The van der Waals surface area contributed by atoms with Gasteiger partial charge in [-0.3, -0.25) is 4.79 Å². The van der Waals surface area contributed by atoms with Crippen molar-refractivity contribution in [3.05, 3.63) is 0 Å². The standard InChI is InChI=1S/C13H21NO2/c15-13(11-2-1-3-11)14-7-6-12(8-14)16-9-10-4-5-10/h10-12H,1-9H2. The molecule has 0 spiro atoms. The predicted molar refractivity (Wildman–Crippen MR) is 61.0 cm³/mol. The van der Waals surface area contributed by atoms with E-state index >= 15 is 0 Å². The lowest BCUT2D eigenvalue weighted by Gasteiger charge is -2.29. The van der Waals surface area contributed by atoms with E-state index in [1.807, 2.05) is 4.90 Å². The van der Waals surface area contributed by atoms with Crippen LogP contribution in [0.15, 0.2) is 0 Å². The highest BCUT2D eigenvalue weighted by atomic mass is 16.5. The summed E-state index contributed by atoms with van der Waals surface area (Å²) in [6.45, 7) is 2.70. The Kier molecular flexibility index (Phi) is 2.88. The molecule has 0 aromatic heterocycles. The number of carbonyl (C=O) groups excluding carboxylic acids is 1. The zero-order chi connectivity index (χ0) is 11.0. The maximum atomic E-state index is 12.0. The minimum Gasteiger partial charge on any atom is -0.376 e. The first-order valence-electron chi connectivity index (χ1n) is 6.73. The summed E-state index contributed by atoms with van der Waals surface area (Å²) >= 11 is 0. The summed E-state index contributed by atoms with van der Waals surface area (Å²) in [6.07, 6.45) is 7.53. The fourth-order valence-electron chi connectivity index (χ4n) is 2.53. The smallest absolute Gasteiger partial charge is 0.225 e. The van der Waals surface area contributed by atoms with Crippen molar-refractivity contribution in [2.24, 2.45) is 11.8 Å². The summed E-state index contributed by atoms with van der Waals surface area (Å²) in [5, 5.41) is 0. The first-order valence-corrected chi connectivity index (χ1v) is 6.73. The second-order valence-corrected chi connectivity index (χ2v) is 5.60. The highest BCUT2D eigenvalue weighted by Gasteiger charge is 2.34. The Labute approximate surface area is 97.1 Å². The van der Waals surface area contributed by atoms with Crippen LogP contribution in [0.4, 0.5) is 0 Å². The van der Waals surface area contributed by atoms with Gasteiger partial charge in [-0.2, -0.15) is 0 Å². The normalized spacial score (nSPS) is 30.5. The van der Waals surface area contributed by atoms with Gasteiger partial charge in [-0.15, -0.1) is 0 Å². The van der Waals surface area contributed by atoms with Gasteiger partial charge in [0.25, 0.3) is 0 Å². The Bertz CT molecular complexity index is 271. The zero-order valence-corrected chi connectivity index (χ0v) is 9.86. The molecular formula is C13H21NO2. The van der Waals surface area contributed by atoms with Crippen LogP contribution in [0.2, 0.25) is 0 Å². The maximum Gasteiger partial charge on any atom is 0.225 e. The molecule has 16 heavy (non-hydrogen) atoms. The fourth-order valence-corrected chi connectivity index (χ4v) is 2.53. The molecule has 1 saturated heterocycles. The molecule has 3 aliphatic rings. The van der Waals surface area contributed by atoms with Gasteiger partial charge < -0.3 is 9.64 Å². The highest BCUT2D eigenvalue weighted by Crippen LogP contribution is 2.31. The van der Waals surface area contributed by atoms with Crippen LogP contribution in [-0.2, 0) is 9.53 Å². The Morgan fingerprint density at radius 1 is 1.19 bits per heavy atom. The molecule has 1 aliphatic heterocycles. The summed E-state index contributed by atoms with van der Waals surface area (Å²) in [5.74, 6) is 1.57. The molecule has 0 N–H and O–H groups in total. The predicted octanol–water partition coefficient (Wildman–Crippen LogP) is 1.81. The third-order valence-corrected chi connectivity index (χ3v) is 4.18. The van der Waals surface area contributed by atoms with E-state index in [2.05, 4.69) is 0 Å². The molecule has 1 amide bonds. The molecule has 1 unspecified atom stereocenters. The SMILES string of the molecule is O=C(C1CCC1)N1CCC(OCC2CC2)C1. The van der Waals surface area contributed by atoms with E-state index in [0.29, 0.717) is 17.9 Å². The van der Waals surface area contributed by atoms with Crippen molar-refractivity contribution in [2.75, 3.05) is 19.7 Å². The van der Waals surface area contributed by atoms with Crippen LogP contribution in [0.1, 0.15) is 38.5 Å². The van der Waals surface area contributed by atoms with Crippen LogP contribution >= 0.6 is 0 Å². The summed E-state index contributed by atoms with van der Waals surface area (Å²) in [6, 6.07) is 0. The molecule has 90 valence electrons. The monoisotopic (exact) mass is 223 g/mol. The van der Waals surface area contributed by atoms with Crippen LogP contribution < -0.4 is 0 Å². The van der Waals surface area contributed by atoms with Crippen molar-refractivity contribution in [3.8, 4) is 0 Å². The van der Waals surface area contributed by atoms with Crippen LogP contribution in [-0.4, -0.2) is 36.6 Å². The average molecular weight is 223 g/mol. The average Bonchev–Trinajstić information content (AvgIpc) is 2.90. The number of hydrogen-bond donors (Lipinski definition) is 0. The van der Waals surface area contributed by atoms with Gasteiger partial charge in [0.15, 0.2) is 0 Å². The lowest BCUT2D eigenvalue weighted by atomic mass is 9.84. The van der Waals surface area contributed by atoms with E-state index in [9.17, 15) is 4.79 Å². The number of hydrogen-bond acceptors (Lipinski definition) is 2. The Hall–Kier alpha value is -0.570. The molecule has 0 radical (unpaired) electrons. The van der Waals surface area contributed by atoms with Crippen molar-refractivity contribution in [1.82, 2.24) is 4.90 Å². The third-order valence-electron chi connectivity index (χ3n) is 4.18. The molecule has 3 nitrogen and oxygen atoms in total. The number of rotatable bonds is 4. The molecule has 3 fully saturated rings. The van der Waals surface area contributed by atoms with Gasteiger partial charge >= 0.3 is 0 Å². The van der Waals surface area contributed by atoms with Gasteiger partial charge in [0.1, 0.15) is 0 Å². The zero-order valence-electron chi connectivity index (χ0n) is 9.86. The second-order valence-electron chi connectivity index (χ2n) is 5.60. The van der Waals surface area contributed by atoms with Crippen LogP contribution in [0.25, 0.3) is 0 Å². The van der Waals surface area contributed by atoms with E-state index in [4.69, 9.17) is 4.74 Å². The number of carbonyl (C=O) groups is 1. The van der Waals surface area contributed by atoms with Crippen molar-refractivity contribution < 1.29 is 9.53 Å². The van der Waals surface area contributed by atoms with E-state index in [1.165, 1.54) is 19.3 Å². The van der Waals surface area contributed by atoms with E-state index < -0.39 is 0 Å². The first-order chi connectivity index (χ1) is 7.83. The summed E-state index contributed by atoms with van der Waals surface area (Å²) < 4.78 is 5.84. The number of ether oxygens (including phenoxy) is 1. The maximum absolute atomic E-state index is 12.0. The van der Waals surface area contributed by atoms with Crippen molar-refractivity contribution in [2.45, 2.75) is 44.6 Å². The van der Waals surface area contributed by atoms with Gasteiger partial charge in [0.2, 0.25) is 5.91 Å². The summed E-state index contributed by atoms with van der Waals surface area (Å²) in [7, 11) is 0. The molecule has 3 rings (SSSR count). The van der Waals surface area contributed by atoms with Gasteiger partial charge in [-0.05, 0) is 38.0 Å². The summed E-state index contributed by atoms with van der Waals surface area (Å²) in [4.78, 5) is 14.0. The van der Waals surface area contributed by atoms with E-state index in [0.717, 1.165) is 44.9 Å². The van der Waals surface area contributed by atoms with Crippen molar-refractivity contribution in [1.29, 1.82) is 0 Å². The highest BCUT2D eigenvalue weighted by molar-refractivity contribution is 5.79. The van der Waals surface area contributed by atoms with Gasteiger partial charge in [0, 0.05) is 25.6 Å². The van der Waals surface area contributed by atoms with E-state index in [1.54, 1.807) is 0 Å². The van der Waals surface area contributed by atoms with Crippen molar-refractivity contribution in [3.63, 3.8) is 0 Å². The number of nitrogens with zero attached hydrogens (tertiary/aromatic N) is 1. The number of amides is 1. The Balaban J connectivity index is 1.42. The largest absolute Gasteiger partial charge is 0.376 e. The van der Waals surface area contributed by atoms with Crippen molar-refractivity contribution >= 4 is 5.91 Å². The first kappa shape index (κ1) is 10.6. The van der Waals surface area contributed by atoms with Gasteiger partial charge in [0.05, 0.1) is 6.10 Å². The quantitative estimate of drug-likeness (QED) is 0.727. The molecule has 0 aromatic rings. The minimum atomic E-state index is 0.324. The molecule has 1 atom stereocenters. The van der Waals surface area contributed by atoms with Crippen LogP contribution in [0, 0.1) is 11.8 Å². The lowest BCUT2D eigenvalue weighted by Crippen LogP contribution is -2.38. The third kappa shape index (κ3) is 2.24. The van der Waals surface area contributed by atoms with E-state index in [-0.39, 0.29) is 0 Å².